The summed E-state index contributed by atoms with van der Waals surface area (Å²) in [5.41, 5.74) is 7.91. The number of nitrogens with zero attached hydrogens (tertiary/aromatic N) is 1. The molecule has 3 aromatic rings. The average molecular weight is 290 g/mol. The van der Waals surface area contributed by atoms with Crippen molar-refractivity contribution in [2.45, 2.75) is 6.92 Å². The van der Waals surface area contributed by atoms with Crippen LogP contribution in [0.4, 0.5) is 11.4 Å². The number of hydrogen-bond donors (Lipinski definition) is 1. The molecular formula is C19H18N2O. The quantitative estimate of drug-likeness (QED) is 0.738. The van der Waals surface area contributed by atoms with Gasteiger partial charge in [-0.05, 0) is 30.5 Å². The molecule has 0 unspecified atom stereocenters. The molecule has 0 atom stereocenters. The summed E-state index contributed by atoms with van der Waals surface area (Å²) in [5.74, 6) is -0.0723. The molecule has 0 aliphatic carbocycles. The van der Waals surface area contributed by atoms with E-state index in [1.807, 2.05) is 61.5 Å². The number of nitrogens with two attached hydrogens (primary N) is 1. The highest BCUT2D eigenvalue weighted by Crippen LogP contribution is 2.28. The van der Waals surface area contributed by atoms with Crippen molar-refractivity contribution in [2.24, 2.45) is 0 Å². The van der Waals surface area contributed by atoms with Gasteiger partial charge < -0.3 is 10.6 Å². The molecule has 0 aliphatic heterocycles. The fourth-order valence-corrected chi connectivity index (χ4v) is 2.70. The number of carbonyl (C=O) groups is 1. The van der Waals surface area contributed by atoms with Crippen LogP contribution in [0.25, 0.3) is 10.8 Å². The highest BCUT2D eigenvalue weighted by atomic mass is 16.2. The summed E-state index contributed by atoms with van der Waals surface area (Å²) in [5, 5.41) is 2.18. The standard InChI is InChI=1S/C19H18N2O/c1-2-21(19(22)16-11-5-6-12-17(16)20)18-13-7-9-14-8-3-4-10-15(14)18/h3-13H,2,20H2,1H3. The van der Waals surface area contributed by atoms with E-state index in [9.17, 15) is 4.79 Å². The number of hydrogen-bond acceptors (Lipinski definition) is 2. The summed E-state index contributed by atoms with van der Waals surface area (Å²) in [6.07, 6.45) is 0. The number of anilines is 2. The third-order valence-corrected chi connectivity index (χ3v) is 3.81. The molecule has 0 aromatic heterocycles. The molecule has 0 spiro atoms. The molecule has 0 saturated carbocycles. The van der Waals surface area contributed by atoms with Crippen molar-refractivity contribution in [3.05, 3.63) is 72.3 Å². The molecule has 3 aromatic carbocycles. The molecule has 0 bridgehead atoms. The van der Waals surface area contributed by atoms with Gasteiger partial charge in [0.2, 0.25) is 0 Å². The Kier molecular flexibility index (Phi) is 3.79. The first-order valence-corrected chi connectivity index (χ1v) is 7.36. The van der Waals surface area contributed by atoms with Crippen LogP contribution >= 0.6 is 0 Å². The highest BCUT2D eigenvalue weighted by Gasteiger charge is 2.19. The number of rotatable bonds is 3. The first-order chi connectivity index (χ1) is 10.7. The lowest BCUT2D eigenvalue weighted by Crippen LogP contribution is -2.31. The molecule has 0 fully saturated rings. The van der Waals surface area contributed by atoms with E-state index in [1.165, 1.54) is 0 Å². The number of fused-ring (bicyclic) bond motifs is 1. The zero-order chi connectivity index (χ0) is 15.5. The largest absolute Gasteiger partial charge is 0.398 e. The number of para-hydroxylation sites is 1. The summed E-state index contributed by atoms with van der Waals surface area (Å²) in [6.45, 7) is 2.56. The topological polar surface area (TPSA) is 46.3 Å². The second-order valence-corrected chi connectivity index (χ2v) is 5.13. The predicted octanol–water partition coefficient (Wildman–Crippen LogP) is 4.09. The second-order valence-electron chi connectivity index (χ2n) is 5.13. The third-order valence-electron chi connectivity index (χ3n) is 3.81. The first kappa shape index (κ1) is 14.1. The van der Waals surface area contributed by atoms with E-state index in [4.69, 9.17) is 5.73 Å². The van der Waals surface area contributed by atoms with E-state index >= 15 is 0 Å². The van der Waals surface area contributed by atoms with Gasteiger partial charge in [0.1, 0.15) is 0 Å². The minimum atomic E-state index is -0.0723. The Morgan fingerprint density at radius 1 is 0.955 bits per heavy atom. The van der Waals surface area contributed by atoms with Gasteiger partial charge in [0.25, 0.3) is 5.91 Å². The van der Waals surface area contributed by atoms with Crippen molar-refractivity contribution in [3.8, 4) is 0 Å². The smallest absolute Gasteiger partial charge is 0.260 e. The normalized spacial score (nSPS) is 10.6. The summed E-state index contributed by atoms with van der Waals surface area (Å²) in [7, 11) is 0. The van der Waals surface area contributed by atoms with Gasteiger partial charge in [-0.15, -0.1) is 0 Å². The summed E-state index contributed by atoms with van der Waals surface area (Å²) in [4.78, 5) is 14.7. The highest BCUT2D eigenvalue weighted by molar-refractivity contribution is 6.12. The third kappa shape index (κ3) is 2.42. The van der Waals surface area contributed by atoms with E-state index in [0.29, 0.717) is 17.8 Å². The Bertz CT molecular complexity index is 821. The fourth-order valence-electron chi connectivity index (χ4n) is 2.70. The predicted molar refractivity (Wildman–Crippen MR) is 92.2 cm³/mol. The van der Waals surface area contributed by atoms with Crippen molar-refractivity contribution in [1.29, 1.82) is 0 Å². The number of amides is 1. The minimum Gasteiger partial charge on any atom is -0.398 e. The van der Waals surface area contributed by atoms with Crippen LogP contribution in [0.2, 0.25) is 0 Å². The maximum absolute atomic E-state index is 12.9. The minimum absolute atomic E-state index is 0.0723. The van der Waals surface area contributed by atoms with Crippen LogP contribution < -0.4 is 10.6 Å². The molecule has 0 saturated heterocycles. The molecule has 110 valence electrons. The number of nitrogen functional groups attached to an aromatic ring is 1. The molecule has 0 heterocycles. The zero-order valence-electron chi connectivity index (χ0n) is 12.5. The summed E-state index contributed by atoms with van der Waals surface area (Å²) >= 11 is 0. The Hall–Kier alpha value is -2.81. The van der Waals surface area contributed by atoms with Crippen molar-refractivity contribution in [2.75, 3.05) is 17.2 Å². The maximum Gasteiger partial charge on any atom is 0.260 e. The van der Waals surface area contributed by atoms with Gasteiger partial charge in [-0.3, -0.25) is 4.79 Å². The van der Waals surface area contributed by atoms with E-state index in [2.05, 4.69) is 0 Å². The SMILES string of the molecule is CCN(C(=O)c1ccccc1N)c1cccc2ccccc12. The van der Waals surface area contributed by atoms with Crippen LogP contribution in [0.1, 0.15) is 17.3 Å². The van der Waals surface area contributed by atoms with Gasteiger partial charge in [-0.2, -0.15) is 0 Å². The van der Waals surface area contributed by atoms with Crippen LogP contribution in [0.15, 0.2) is 66.7 Å². The number of carbonyl (C=O) groups excluding carboxylic acids is 1. The Labute approximate surface area is 130 Å². The fraction of sp³-hybridized carbons (Fsp3) is 0.105. The maximum atomic E-state index is 12.9. The number of benzene rings is 3. The van der Waals surface area contributed by atoms with Gasteiger partial charge in [0.15, 0.2) is 0 Å². The van der Waals surface area contributed by atoms with Crippen LogP contribution in [-0.4, -0.2) is 12.5 Å². The second kappa shape index (κ2) is 5.90. The van der Waals surface area contributed by atoms with Crippen LogP contribution in [0.5, 0.6) is 0 Å². The van der Waals surface area contributed by atoms with E-state index in [0.717, 1.165) is 16.5 Å². The Morgan fingerprint density at radius 2 is 1.64 bits per heavy atom. The van der Waals surface area contributed by atoms with Crippen molar-refractivity contribution < 1.29 is 4.79 Å². The van der Waals surface area contributed by atoms with Gasteiger partial charge >= 0.3 is 0 Å². The molecule has 1 amide bonds. The molecule has 2 N–H and O–H groups in total. The summed E-state index contributed by atoms with van der Waals surface area (Å²) < 4.78 is 0. The van der Waals surface area contributed by atoms with Crippen LogP contribution in [0.3, 0.4) is 0 Å². The van der Waals surface area contributed by atoms with Crippen molar-refractivity contribution >= 4 is 28.1 Å². The molecule has 0 aliphatic rings. The van der Waals surface area contributed by atoms with Gasteiger partial charge in [0.05, 0.1) is 11.3 Å². The lowest BCUT2D eigenvalue weighted by atomic mass is 10.1. The molecule has 0 radical (unpaired) electrons. The van der Waals surface area contributed by atoms with Crippen molar-refractivity contribution in [1.82, 2.24) is 0 Å². The van der Waals surface area contributed by atoms with Crippen LogP contribution in [0, 0.1) is 0 Å². The van der Waals surface area contributed by atoms with E-state index < -0.39 is 0 Å². The molecule has 3 rings (SSSR count). The zero-order valence-corrected chi connectivity index (χ0v) is 12.5. The average Bonchev–Trinajstić information content (AvgIpc) is 2.56. The Balaban J connectivity index is 2.11. The monoisotopic (exact) mass is 290 g/mol. The van der Waals surface area contributed by atoms with Gasteiger partial charge in [0, 0.05) is 17.6 Å². The molecule has 3 nitrogen and oxygen atoms in total. The van der Waals surface area contributed by atoms with E-state index in [-0.39, 0.29) is 5.91 Å². The Morgan fingerprint density at radius 3 is 2.41 bits per heavy atom. The lowest BCUT2D eigenvalue weighted by molar-refractivity contribution is 0.0989. The lowest BCUT2D eigenvalue weighted by Gasteiger charge is -2.23. The van der Waals surface area contributed by atoms with Gasteiger partial charge in [-0.1, -0.05) is 48.5 Å². The molecular weight excluding hydrogens is 272 g/mol. The summed E-state index contributed by atoms with van der Waals surface area (Å²) in [6, 6.07) is 21.3. The van der Waals surface area contributed by atoms with Crippen molar-refractivity contribution in [3.63, 3.8) is 0 Å². The van der Waals surface area contributed by atoms with E-state index in [1.54, 1.807) is 17.0 Å². The molecule has 22 heavy (non-hydrogen) atoms. The van der Waals surface area contributed by atoms with Gasteiger partial charge in [-0.25, -0.2) is 0 Å². The first-order valence-electron chi connectivity index (χ1n) is 7.36. The molecule has 3 heteroatoms. The van der Waals surface area contributed by atoms with Crippen LogP contribution in [-0.2, 0) is 0 Å².